The van der Waals surface area contributed by atoms with Crippen molar-refractivity contribution in [3.63, 3.8) is 0 Å². The SMILES string of the molecule is Cc1ccc(C(=O)N2CCc3oc(-c4ccc(NC(=O)C5CCCC5)cc4)cc3C2)cc1. The highest BCUT2D eigenvalue weighted by Crippen LogP contribution is 2.31. The van der Waals surface area contributed by atoms with Crippen LogP contribution in [0.3, 0.4) is 0 Å². The molecule has 1 saturated carbocycles. The van der Waals surface area contributed by atoms with Gasteiger partial charge in [0, 0.05) is 47.8 Å². The number of rotatable bonds is 4. The summed E-state index contributed by atoms with van der Waals surface area (Å²) in [5.41, 5.74) is 4.71. The van der Waals surface area contributed by atoms with E-state index in [1.807, 2.05) is 66.4 Å². The predicted octanol–water partition coefficient (Wildman–Crippen LogP) is 5.58. The van der Waals surface area contributed by atoms with Crippen LogP contribution in [0, 0.1) is 12.8 Å². The van der Waals surface area contributed by atoms with E-state index in [1.165, 1.54) is 0 Å². The summed E-state index contributed by atoms with van der Waals surface area (Å²) >= 11 is 0. The fourth-order valence-electron chi connectivity index (χ4n) is 4.68. The molecule has 1 aliphatic heterocycles. The van der Waals surface area contributed by atoms with Gasteiger partial charge >= 0.3 is 0 Å². The first-order chi connectivity index (χ1) is 15.6. The fraction of sp³-hybridized carbons (Fsp3) is 0.333. The Labute approximate surface area is 188 Å². The number of hydrogen-bond acceptors (Lipinski definition) is 3. The van der Waals surface area contributed by atoms with E-state index >= 15 is 0 Å². The van der Waals surface area contributed by atoms with Crippen LogP contribution in [0.15, 0.2) is 59.0 Å². The molecule has 5 rings (SSSR count). The summed E-state index contributed by atoms with van der Waals surface area (Å²) in [5, 5.41) is 3.04. The molecule has 3 aromatic rings. The lowest BCUT2D eigenvalue weighted by atomic mass is 10.1. The third-order valence-corrected chi connectivity index (χ3v) is 6.62. The molecule has 1 aliphatic carbocycles. The molecule has 2 aliphatic rings. The number of furan rings is 1. The Kier molecular flexibility index (Phi) is 5.56. The molecule has 0 bridgehead atoms. The highest BCUT2D eigenvalue weighted by atomic mass is 16.3. The van der Waals surface area contributed by atoms with Crippen LogP contribution in [0.4, 0.5) is 5.69 Å². The molecule has 0 radical (unpaired) electrons. The van der Waals surface area contributed by atoms with Crippen LogP contribution in [0.1, 0.15) is 52.9 Å². The van der Waals surface area contributed by atoms with Crippen LogP contribution in [-0.2, 0) is 17.8 Å². The zero-order valence-electron chi connectivity index (χ0n) is 18.4. The van der Waals surface area contributed by atoms with Crippen LogP contribution in [-0.4, -0.2) is 23.3 Å². The van der Waals surface area contributed by atoms with E-state index in [9.17, 15) is 9.59 Å². The fourth-order valence-corrected chi connectivity index (χ4v) is 4.68. The second-order valence-electron chi connectivity index (χ2n) is 8.95. The lowest BCUT2D eigenvalue weighted by Gasteiger charge is -2.26. The van der Waals surface area contributed by atoms with Crippen LogP contribution >= 0.6 is 0 Å². The molecule has 32 heavy (non-hydrogen) atoms. The molecule has 5 heteroatoms. The summed E-state index contributed by atoms with van der Waals surface area (Å²) in [7, 11) is 0. The number of carbonyl (C=O) groups is 2. The minimum atomic E-state index is 0.0563. The van der Waals surface area contributed by atoms with Crippen molar-refractivity contribution in [2.45, 2.75) is 45.6 Å². The van der Waals surface area contributed by atoms with Gasteiger partial charge in [-0.2, -0.15) is 0 Å². The van der Waals surface area contributed by atoms with E-state index < -0.39 is 0 Å². The Balaban J connectivity index is 1.26. The van der Waals surface area contributed by atoms with Gasteiger partial charge in [0.25, 0.3) is 5.91 Å². The van der Waals surface area contributed by atoms with Crippen molar-refractivity contribution in [1.82, 2.24) is 4.90 Å². The summed E-state index contributed by atoms with van der Waals surface area (Å²) in [5.74, 6) is 2.08. The molecule has 0 saturated heterocycles. The maximum absolute atomic E-state index is 12.9. The van der Waals surface area contributed by atoms with E-state index in [-0.39, 0.29) is 17.7 Å². The van der Waals surface area contributed by atoms with E-state index in [0.717, 1.165) is 65.1 Å². The van der Waals surface area contributed by atoms with Crippen molar-refractivity contribution in [1.29, 1.82) is 0 Å². The summed E-state index contributed by atoms with van der Waals surface area (Å²) < 4.78 is 6.12. The van der Waals surface area contributed by atoms with Gasteiger partial charge in [-0.15, -0.1) is 0 Å². The zero-order valence-corrected chi connectivity index (χ0v) is 18.4. The summed E-state index contributed by atoms with van der Waals surface area (Å²) in [4.78, 5) is 27.1. The first-order valence-corrected chi connectivity index (χ1v) is 11.5. The number of nitrogens with zero attached hydrogens (tertiary/aromatic N) is 1. The molecule has 1 fully saturated rings. The lowest BCUT2D eigenvalue weighted by Crippen LogP contribution is -2.35. The minimum Gasteiger partial charge on any atom is -0.461 e. The molecule has 0 unspecified atom stereocenters. The largest absolute Gasteiger partial charge is 0.461 e. The smallest absolute Gasteiger partial charge is 0.254 e. The molecule has 5 nitrogen and oxygen atoms in total. The van der Waals surface area contributed by atoms with E-state index in [4.69, 9.17) is 4.42 Å². The number of amides is 2. The number of aryl methyl sites for hydroxylation is 1. The van der Waals surface area contributed by atoms with Gasteiger partial charge in [-0.25, -0.2) is 0 Å². The van der Waals surface area contributed by atoms with Crippen LogP contribution in [0.2, 0.25) is 0 Å². The summed E-state index contributed by atoms with van der Waals surface area (Å²) in [6, 6.07) is 17.6. The Morgan fingerprint density at radius 2 is 1.72 bits per heavy atom. The molecule has 2 heterocycles. The molecule has 2 amide bonds. The topological polar surface area (TPSA) is 62.6 Å². The van der Waals surface area contributed by atoms with Crippen molar-refractivity contribution in [3.05, 3.63) is 77.0 Å². The van der Waals surface area contributed by atoms with Crippen LogP contribution in [0.5, 0.6) is 0 Å². The van der Waals surface area contributed by atoms with Gasteiger partial charge in [0.2, 0.25) is 5.91 Å². The van der Waals surface area contributed by atoms with Crippen molar-refractivity contribution in [3.8, 4) is 11.3 Å². The molecule has 1 aromatic heterocycles. The number of nitrogens with one attached hydrogen (secondary N) is 1. The first kappa shape index (κ1) is 20.6. The van der Waals surface area contributed by atoms with Crippen molar-refractivity contribution >= 4 is 17.5 Å². The maximum Gasteiger partial charge on any atom is 0.254 e. The highest BCUT2D eigenvalue weighted by molar-refractivity contribution is 5.94. The van der Waals surface area contributed by atoms with Gasteiger partial charge in [0.15, 0.2) is 0 Å². The maximum atomic E-state index is 12.9. The van der Waals surface area contributed by atoms with E-state index in [0.29, 0.717) is 19.5 Å². The second kappa shape index (κ2) is 8.65. The number of fused-ring (bicyclic) bond motifs is 1. The Morgan fingerprint density at radius 3 is 2.44 bits per heavy atom. The van der Waals surface area contributed by atoms with Crippen LogP contribution in [0.25, 0.3) is 11.3 Å². The summed E-state index contributed by atoms with van der Waals surface area (Å²) in [6.45, 7) is 3.23. The summed E-state index contributed by atoms with van der Waals surface area (Å²) in [6.07, 6.45) is 4.99. The third kappa shape index (κ3) is 4.20. The lowest BCUT2D eigenvalue weighted by molar-refractivity contribution is -0.119. The van der Waals surface area contributed by atoms with E-state index in [1.54, 1.807) is 0 Å². The van der Waals surface area contributed by atoms with Gasteiger partial charge in [-0.05, 0) is 62.2 Å². The predicted molar refractivity (Wildman–Crippen MR) is 124 cm³/mol. The highest BCUT2D eigenvalue weighted by Gasteiger charge is 2.25. The van der Waals surface area contributed by atoms with Crippen molar-refractivity contribution in [2.75, 3.05) is 11.9 Å². The number of benzene rings is 2. The molecule has 1 N–H and O–H groups in total. The Hall–Kier alpha value is -3.34. The average molecular weight is 429 g/mol. The monoisotopic (exact) mass is 428 g/mol. The van der Waals surface area contributed by atoms with Gasteiger partial charge in [-0.1, -0.05) is 30.5 Å². The number of hydrogen-bond donors (Lipinski definition) is 1. The van der Waals surface area contributed by atoms with Gasteiger partial charge in [-0.3, -0.25) is 9.59 Å². The molecule has 2 aromatic carbocycles. The number of carbonyl (C=O) groups excluding carboxylic acids is 2. The van der Waals surface area contributed by atoms with E-state index in [2.05, 4.69) is 5.32 Å². The quantitative estimate of drug-likeness (QED) is 0.590. The van der Waals surface area contributed by atoms with Crippen molar-refractivity contribution < 1.29 is 14.0 Å². The van der Waals surface area contributed by atoms with Gasteiger partial charge < -0.3 is 14.6 Å². The first-order valence-electron chi connectivity index (χ1n) is 11.5. The third-order valence-electron chi connectivity index (χ3n) is 6.62. The molecular formula is C27H28N2O3. The average Bonchev–Trinajstić information content (AvgIpc) is 3.49. The Morgan fingerprint density at radius 1 is 1.00 bits per heavy atom. The molecule has 164 valence electrons. The van der Waals surface area contributed by atoms with Gasteiger partial charge in [0.1, 0.15) is 11.5 Å². The molecule has 0 spiro atoms. The number of anilines is 1. The van der Waals surface area contributed by atoms with Crippen LogP contribution < -0.4 is 5.32 Å². The minimum absolute atomic E-state index is 0.0563. The second-order valence-corrected chi connectivity index (χ2v) is 8.95. The standard InChI is InChI=1S/C27H28N2O3/c1-18-6-8-21(9-7-18)27(31)29-15-14-24-22(17-29)16-25(32-24)19-10-12-23(13-11-19)28-26(30)20-4-2-3-5-20/h6-13,16,20H,2-5,14-15,17H2,1H3,(H,28,30). The van der Waals surface area contributed by atoms with Gasteiger partial charge in [0.05, 0.1) is 0 Å². The Bertz CT molecular complexity index is 1120. The molecular weight excluding hydrogens is 400 g/mol. The molecule has 0 atom stereocenters. The normalized spacial score (nSPS) is 16.1. The van der Waals surface area contributed by atoms with Crippen molar-refractivity contribution in [2.24, 2.45) is 5.92 Å². The zero-order chi connectivity index (χ0) is 22.1.